The maximum Gasteiger partial charge on any atom is 0.415 e. The van der Waals surface area contributed by atoms with Crippen molar-refractivity contribution < 1.29 is 14.5 Å². The van der Waals surface area contributed by atoms with E-state index in [-0.39, 0.29) is 34.7 Å². The van der Waals surface area contributed by atoms with Gasteiger partial charge in [-0.1, -0.05) is 26.0 Å². The first-order valence-corrected chi connectivity index (χ1v) is 10.9. The lowest BCUT2D eigenvalue weighted by atomic mass is 10.0. The largest absolute Gasteiger partial charge is 0.447 e. The first-order chi connectivity index (χ1) is 15.4. The Balaban J connectivity index is 1.39. The molecule has 2 aliphatic rings. The summed E-state index contributed by atoms with van der Waals surface area (Å²) in [6.45, 7) is 6.98. The molecule has 2 atom stereocenters. The van der Waals surface area contributed by atoms with Crippen molar-refractivity contribution in [2.45, 2.75) is 45.3 Å². The fraction of sp³-hybridized carbons (Fsp3) is 0.500. The highest BCUT2D eigenvalue weighted by Crippen LogP contribution is 2.26. The van der Waals surface area contributed by atoms with E-state index >= 15 is 0 Å². The van der Waals surface area contributed by atoms with Crippen molar-refractivity contribution in [2.24, 2.45) is 5.92 Å². The molecule has 2 aromatic rings. The fourth-order valence-corrected chi connectivity index (χ4v) is 4.22. The van der Waals surface area contributed by atoms with Crippen molar-refractivity contribution in [2.75, 3.05) is 29.9 Å². The summed E-state index contributed by atoms with van der Waals surface area (Å²) < 4.78 is 5.24. The Morgan fingerprint density at radius 3 is 2.78 bits per heavy atom. The van der Waals surface area contributed by atoms with Crippen molar-refractivity contribution >= 4 is 23.5 Å². The number of nitro groups is 1. The molecular weight excluding hydrogens is 412 g/mol. The summed E-state index contributed by atoms with van der Waals surface area (Å²) in [5.41, 5.74) is 1.15. The molecule has 3 heterocycles. The SMILES string of the molecule is CC(C)C1COC(=O)N1c1ccnc(NC2CCCN(Cc3ccc([N+](=O)[O-])cc3)C2)n1. The van der Waals surface area contributed by atoms with Crippen molar-refractivity contribution in [3.05, 3.63) is 52.2 Å². The van der Waals surface area contributed by atoms with E-state index in [1.807, 2.05) is 12.1 Å². The highest BCUT2D eigenvalue weighted by molar-refractivity contribution is 5.89. The maximum atomic E-state index is 12.2. The lowest BCUT2D eigenvalue weighted by Gasteiger charge is -2.33. The van der Waals surface area contributed by atoms with E-state index in [0.717, 1.165) is 38.0 Å². The molecule has 0 saturated carbocycles. The predicted octanol–water partition coefficient (Wildman–Crippen LogP) is 3.44. The third-order valence-electron chi connectivity index (χ3n) is 5.96. The van der Waals surface area contributed by atoms with E-state index < -0.39 is 0 Å². The Bertz CT molecular complexity index is 967. The number of nitro benzene ring substituents is 1. The van der Waals surface area contributed by atoms with Gasteiger partial charge in [0.1, 0.15) is 12.4 Å². The number of ether oxygens (including phenoxy) is 1. The van der Waals surface area contributed by atoms with E-state index in [9.17, 15) is 14.9 Å². The third-order valence-corrected chi connectivity index (χ3v) is 5.96. The summed E-state index contributed by atoms with van der Waals surface area (Å²) in [6, 6.07) is 8.56. The lowest BCUT2D eigenvalue weighted by molar-refractivity contribution is -0.384. The predicted molar refractivity (Wildman–Crippen MR) is 120 cm³/mol. The van der Waals surface area contributed by atoms with Gasteiger partial charge < -0.3 is 10.1 Å². The van der Waals surface area contributed by atoms with Crippen LogP contribution < -0.4 is 10.2 Å². The van der Waals surface area contributed by atoms with Gasteiger partial charge >= 0.3 is 6.09 Å². The number of non-ortho nitro benzene ring substituents is 1. The number of amides is 1. The van der Waals surface area contributed by atoms with E-state index in [1.165, 1.54) is 0 Å². The van der Waals surface area contributed by atoms with Crippen LogP contribution in [0.4, 0.5) is 22.2 Å². The van der Waals surface area contributed by atoms with Gasteiger partial charge in [-0.05, 0) is 36.9 Å². The summed E-state index contributed by atoms with van der Waals surface area (Å²) in [5.74, 6) is 1.29. The molecule has 0 bridgehead atoms. The van der Waals surface area contributed by atoms with Crippen LogP contribution >= 0.6 is 0 Å². The molecule has 2 fully saturated rings. The van der Waals surface area contributed by atoms with Gasteiger partial charge in [-0.25, -0.2) is 9.78 Å². The first-order valence-electron chi connectivity index (χ1n) is 10.9. The highest BCUT2D eigenvalue weighted by Gasteiger charge is 2.37. The van der Waals surface area contributed by atoms with Crippen LogP contribution in [-0.2, 0) is 11.3 Å². The Labute approximate surface area is 186 Å². The normalized spacial score (nSPS) is 21.6. The topological polar surface area (TPSA) is 114 Å². The van der Waals surface area contributed by atoms with Gasteiger partial charge in [0.05, 0.1) is 11.0 Å². The van der Waals surface area contributed by atoms with Crippen LogP contribution in [0, 0.1) is 16.0 Å². The van der Waals surface area contributed by atoms with Crippen LogP contribution in [0.1, 0.15) is 32.3 Å². The molecule has 170 valence electrons. The number of piperidine rings is 1. The van der Waals surface area contributed by atoms with E-state index in [0.29, 0.717) is 18.4 Å². The average Bonchev–Trinajstić information content (AvgIpc) is 3.16. The molecule has 2 saturated heterocycles. The van der Waals surface area contributed by atoms with Crippen molar-refractivity contribution in [3.63, 3.8) is 0 Å². The van der Waals surface area contributed by atoms with Crippen LogP contribution in [0.15, 0.2) is 36.5 Å². The molecule has 10 nitrogen and oxygen atoms in total. The number of aromatic nitrogens is 2. The molecule has 32 heavy (non-hydrogen) atoms. The highest BCUT2D eigenvalue weighted by atomic mass is 16.6. The molecule has 1 amide bonds. The van der Waals surface area contributed by atoms with Gasteiger partial charge in [0, 0.05) is 37.5 Å². The second-order valence-corrected chi connectivity index (χ2v) is 8.64. The fourth-order valence-electron chi connectivity index (χ4n) is 4.22. The molecule has 2 unspecified atom stereocenters. The Morgan fingerprint density at radius 1 is 1.28 bits per heavy atom. The minimum Gasteiger partial charge on any atom is -0.447 e. The zero-order valence-electron chi connectivity index (χ0n) is 18.3. The van der Waals surface area contributed by atoms with Crippen LogP contribution in [0.3, 0.4) is 0 Å². The number of likely N-dealkylation sites (tertiary alicyclic amines) is 1. The molecule has 1 aromatic heterocycles. The molecule has 0 spiro atoms. The molecule has 0 aliphatic carbocycles. The first kappa shape index (κ1) is 21.9. The Kier molecular flexibility index (Phi) is 6.50. The second kappa shape index (κ2) is 9.47. The number of hydrogen-bond donors (Lipinski definition) is 1. The molecule has 1 aromatic carbocycles. The van der Waals surface area contributed by atoms with Crippen molar-refractivity contribution in [3.8, 4) is 0 Å². The Morgan fingerprint density at radius 2 is 2.06 bits per heavy atom. The van der Waals surface area contributed by atoms with Crippen LogP contribution in [0.2, 0.25) is 0 Å². The zero-order valence-corrected chi connectivity index (χ0v) is 18.3. The quantitative estimate of drug-likeness (QED) is 0.514. The number of cyclic esters (lactones) is 1. The summed E-state index contributed by atoms with van der Waals surface area (Å²) in [7, 11) is 0. The number of nitrogens with one attached hydrogen (secondary N) is 1. The summed E-state index contributed by atoms with van der Waals surface area (Å²) in [6.07, 6.45) is 3.30. The summed E-state index contributed by atoms with van der Waals surface area (Å²) in [5, 5.41) is 14.3. The molecule has 2 aliphatic heterocycles. The van der Waals surface area contributed by atoms with E-state index in [2.05, 4.69) is 34.0 Å². The second-order valence-electron chi connectivity index (χ2n) is 8.64. The summed E-state index contributed by atoms with van der Waals surface area (Å²) in [4.78, 5) is 35.6. The zero-order chi connectivity index (χ0) is 22.7. The minimum absolute atomic E-state index is 0.0443. The monoisotopic (exact) mass is 440 g/mol. The number of rotatable bonds is 7. The van der Waals surface area contributed by atoms with E-state index in [4.69, 9.17) is 4.74 Å². The van der Waals surface area contributed by atoms with Gasteiger partial charge in [0.2, 0.25) is 5.95 Å². The number of anilines is 2. The molecule has 1 N–H and O–H groups in total. The van der Waals surface area contributed by atoms with Gasteiger partial charge in [-0.15, -0.1) is 0 Å². The number of carbonyl (C=O) groups excluding carboxylic acids is 1. The number of nitrogens with zero attached hydrogens (tertiary/aromatic N) is 5. The van der Waals surface area contributed by atoms with Crippen LogP contribution in [0.5, 0.6) is 0 Å². The molecular formula is C22H28N6O4. The third kappa shape index (κ3) is 4.96. The van der Waals surface area contributed by atoms with Crippen molar-refractivity contribution in [1.29, 1.82) is 0 Å². The smallest absolute Gasteiger partial charge is 0.415 e. The average molecular weight is 441 g/mol. The van der Waals surface area contributed by atoms with Crippen molar-refractivity contribution in [1.82, 2.24) is 14.9 Å². The lowest BCUT2D eigenvalue weighted by Crippen LogP contribution is -2.42. The van der Waals surface area contributed by atoms with Gasteiger partial charge in [0.15, 0.2) is 0 Å². The minimum atomic E-state index is -0.385. The maximum absolute atomic E-state index is 12.2. The number of carbonyl (C=O) groups is 1. The molecule has 0 radical (unpaired) electrons. The number of hydrogen-bond acceptors (Lipinski definition) is 8. The van der Waals surface area contributed by atoms with E-state index in [1.54, 1.807) is 29.3 Å². The van der Waals surface area contributed by atoms with Crippen LogP contribution in [0.25, 0.3) is 0 Å². The summed E-state index contributed by atoms with van der Waals surface area (Å²) >= 11 is 0. The number of benzene rings is 1. The Hall–Kier alpha value is -3.27. The van der Waals surface area contributed by atoms with Gasteiger partial charge in [-0.2, -0.15) is 4.98 Å². The van der Waals surface area contributed by atoms with Gasteiger partial charge in [0.25, 0.3) is 5.69 Å². The molecule has 4 rings (SSSR count). The van der Waals surface area contributed by atoms with Crippen LogP contribution in [-0.4, -0.2) is 57.7 Å². The molecule has 10 heteroatoms. The standard InChI is InChI=1S/C22H28N6O4/c1-15(2)19-14-32-22(29)27(19)20-9-10-23-21(25-20)24-17-4-3-11-26(13-17)12-16-5-7-18(8-6-16)28(30)31/h5-10,15,17,19H,3-4,11-14H2,1-2H3,(H,23,24,25). The van der Waals surface area contributed by atoms with Gasteiger partial charge in [-0.3, -0.25) is 19.9 Å².